The van der Waals surface area contributed by atoms with Crippen LogP contribution >= 0.6 is 0 Å². The Balaban J connectivity index is 1.24. The maximum Gasteiger partial charge on any atom is 0.416 e. The number of sulfonamides is 1. The van der Waals surface area contributed by atoms with Gasteiger partial charge in [0, 0.05) is 25.4 Å². The fourth-order valence-corrected chi connectivity index (χ4v) is 8.58. The van der Waals surface area contributed by atoms with Gasteiger partial charge in [-0.25, -0.2) is 18.0 Å². The first-order valence-electron chi connectivity index (χ1n) is 18.2. The SMILES string of the molecule is CC(C)(C)OC(=O)N[C@@H]1CCCCCC=C[C@@H]2C[C@@]2(C(=O)NS(=O)(=O)C2CC2)NC(=O)[C@@H]2C[C@@H](OC(=O)N3Cc4ccc(C(F)(F)F)cc4C3)CN2C1=O. The summed E-state index contributed by atoms with van der Waals surface area (Å²) in [5, 5.41) is 4.68. The first kappa shape index (κ1) is 39.3. The minimum Gasteiger partial charge on any atom is -0.444 e. The van der Waals surface area contributed by atoms with Gasteiger partial charge in [0.25, 0.3) is 5.91 Å². The molecule has 2 saturated carbocycles. The molecular weight excluding hydrogens is 735 g/mol. The normalized spacial score (nSPS) is 27.7. The van der Waals surface area contributed by atoms with Gasteiger partial charge >= 0.3 is 18.4 Å². The maximum atomic E-state index is 14.3. The molecule has 296 valence electrons. The summed E-state index contributed by atoms with van der Waals surface area (Å²) >= 11 is 0. The van der Waals surface area contributed by atoms with Crippen molar-refractivity contribution in [2.75, 3.05) is 6.54 Å². The number of alkyl carbamates (subject to hydrolysis) is 1. The van der Waals surface area contributed by atoms with E-state index in [4.69, 9.17) is 9.47 Å². The Morgan fingerprint density at radius 3 is 2.41 bits per heavy atom. The third kappa shape index (κ3) is 8.95. The number of ether oxygens (including phenoxy) is 2. The van der Waals surface area contributed by atoms with Crippen LogP contribution in [0.15, 0.2) is 30.4 Å². The highest BCUT2D eigenvalue weighted by atomic mass is 32.2. The second-order valence-corrected chi connectivity index (χ2v) is 17.8. The molecule has 5 amide bonds. The summed E-state index contributed by atoms with van der Waals surface area (Å²) in [6.45, 7) is 4.57. The van der Waals surface area contributed by atoms with Crippen LogP contribution in [0.5, 0.6) is 0 Å². The lowest BCUT2D eigenvalue weighted by molar-refractivity contribution is -0.141. The lowest BCUT2D eigenvalue weighted by atomic mass is 10.0. The fraction of sp³-hybridized carbons (Fsp3) is 0.639. The number of halogens is 3. The standard InChI is InChI=1S/C36H46F3N5O9S/c1-34(2,3)53-32(48)40-27-10-8-6-4-5-7-9-24-17-35(24,31(47)42-54(50,51)26-13-14-26)41-29(45)28-16-25(20-44(28)30(27)46)52-33(49)43-18-21-11-12-23(36(37,38)39)15-22(21)19-43/h7,9,11-12,15,24-28H,4-6,8,10,13-14,16-20H2,1-3H3,(H,40,48)(H,41,45)(H,42,47)/t24-,25-,27-,28+,35-/m1/s1. The highest BCUT2D eigenvalue weighted by Gasteiger charge is 2.62. The Morgan fingerprint density at radius 2 is 1.72 bits per heavy atom. The summed E-state index contributed by atoms with van der Waals surface area (Å²) < 4.78 is 78.8. The molecule has 14 nitrogen and oxygen atoms in total. The molecule has 6 rings (SSSR count). The van der Waals surface area contributed by atoms with Gasteiger partial charge in [-0.15, -0.1) is 0 Å². The van der Waals surface area contributed by atoms with Crippen molar-refractivity contribution in [3.05, 3.63) is 47.0 Å². The second-order valence-electron chi connectivity index (χ2n) is 15.8. The number of rotatable bonds is 5. The molecule has 1 aromatic carbocycles. The van der Waals surface area contributed by atoms with Gasteiger partial charge in [0.15, 0.2) is 0 Å². The molecular formula is C36H46F3N5O9S. The number of carbonyl (C=O) groups is 5. The number of carbonyl (C=O) groups excluding carboxylic acids is 5. The minimum atomic E-state index is -4.56. The topological polar surface area (TPSA) is 181 Å². The molecule has 18 heteroatoms. The summed E-state index contributed by atoms with van der Waals surface area (Å²) in [6, 6.07) is 0.800. The smallest absolute Gasteiger partial charge is 0.416 e. The fourth-order valence-electron chi connectivity index (χ4n) is 7.21. The molecule has 0 radical (unpaired) electrons. The van der Waals surface area contributed by atoms with Crippen LogP contribution in [-0.2, 0) is 53.1 Å². The van der Waals surface area contributed by atoms with E-state index < -0.39 is 92.2 Å². The zero-order valence-corrected chi connectivity index (χ0v) is 31.2. The van der Waals surface area contributed by atoms with Gasteiger partial charge in [0.2, 0.25) is 21.8 Å². The number of hydrogen-bond donors (Lipinski definition) is 3. The molecule has 3 aliphatic heterocycles. The Labute approximate surface area is 311 Å². The monoisotopic (exact) mass is 781 g/mol. The predicted molar refractivity (Wildman–Crippen MR) is 186 cm³/mol. The van der Waals surface area contributed by atoms with Crippen molar-refractivity contribution in [3.8, 4) is 0 Å². The van der Waals surface area contributed by atoms with Gasteiger partial charge in [0.05, 0.1) is 17.4 Å². The quantitative estimate of drug-likeness (QED) is 0.372. The zero-order chi connectivity index (χ0) is 39.2. The van der Waals surface area contributed by atoms with Crippen molar-refractivity contribution in [2.24, 2.45) is 5.92 Å². The number of amides is 5. The molecule has 3 fully saturated rings. The number of nitrogens with zero attached hydrogens (tertiary/aromatic N) is 2. The lowest BCUT2D eigenvalue weighted by Crippen LogP contribution is -2.58. The van der Waals surface area contributed by atoms with Gasteiger partial charge in [0.1, 0.15) is 29.3 Å². The number of fused-ring (bicyclic) bond motifs is 3. The summed E-state index contributed by atoms with van der Waals surface area (Å²) in [5.74, 6) is -2.83. The van der Waals surface area contributed by atoms with Crippen LogP contribution in [0.1, 0.15) is 95.2 Å². The van der Waals surface area contributed by atoms with Gasteiger partial charge in [-0.3, -0.25) is 24.0 Å². The molecule has 3 heterocycles. The first-order valence-corrected chi connectivity index (χ1v) is 19.8. The average molecular weight is 782 g/mol. The van der Waals surface area contributed by atoms with Crippen LogP contribution in [0.2, 0.25) is 0 Å². The van der Waals surface area contributed by atoms with Crippen molar-refractivity contribution in [1.82, 2.24) is 25.2 Å². The zero-order valence-electron chi connectivity index (χ0n) is 30.4. The van der Waals surface area contributed by atoms with Gasteiger partial charge in [-0.05, 0) is 82.6 Å². The number of benzene rings is 1. The van der Waals surface area contributed by atoms with E-state index in [1.54, 1.807) is 26.8 Å². The average Bonchev–Trinajstić information content (AvgIpc) is 3.95. The van der Waals surface area contributed by atoms with E-state index in [1.807, 2.05) is 6.08 Å². The van der Waals surface area contributed by atoms with E-state index in [1.165, 1.54) is 15.9 Å². The molecule has 0 spiro atoms. The molecule has 54 heavy (non-hydrogen) atoms. The Morgan fingerprint density at radius 1 is 1.00 bits per heavy atom. The number of nitrogens with one attached hydrogen (secondary N) is 3. The third-order valence-electron chi connectivity index (χ3n) is 10.3. The number of allylic oxidation sites excluding steroid dienone is 1. The van der Waals surface area contributed by atoms with E-state index in [0.717, 1.165) is 18.6 Å². The Bertz CT molecular complexity index is 1830. The molecule has 3 N–H and O–H groups in total. The Kier molecular flexibility index (Phi) is 10.7. The number of hydrogen-bond acceptors (Lipinski definition) is 9. The molecule has 2 aliphatic carbocycles. The highest BCUT2D eigenvalue weighted by Crippen LogP contribution is 2.46. The highest BCUT2D eigenvalue weighted by molar-refractivity contribution is 7.91. The van der Waals surface area contributed by atoms with Crippen LogP contribution in [0, 0.1) is 5.92 Å². The minimum absolute atomic E-state index is 0.0102. The molecule has 5 atom stereocenters. The lowest BCUT2D eigenvalue weighted by Gasteiger charge is -2.30. The summed E-state index contributed by atoms with van der Waals surface area (Å²) in [7, 11) is -3.96. The van der Waals surface area contributed by atoms with E-state index in [0.29, 0.717) is 43.2 Å². The molecule has 1 aromatic rings. The molecule has 0 unspecified atom stereocenters. The summed E-state index contributed by atoms with van der Waals surface area (Å²) in [5.41, 5.74) is -2.50. The third-order valence-corrected chi connectivity index (χ3v) is 12.1. The van der Waals surface area contributed by atoms with E-state index in [2.05, 4.69) is 15.4 Å². The molecule has 0 aromatic heterocycles. The van der Waals surface area contributed by atoms with Crippen LogP contribution in [-0.4, -0.2) is 89.2 Å². The largest absolute Gasteiger partial charge is 0.444 e. The molecule has 0 bridgehead atoms. The maximum absolute atomic E-state index is 14.3. The van der Waals surface area contributed by atoms with Crippen molar-refractivity contribution in [3.63, 3.8) is 0 Å². The van der Waals surface area contributed by atoms with Crippen molar-refractivity contribution < 1.29 is 55.0 Å². The summed E-state index contributed by atoms with van der Waals surface area (Å²) in [6.07, 6.45) is -0.145. The molecule has 5 aliphatic rings. The van der Waals surface area contributed by atoms with Crippen molar-refractivity contribution >= 4 is 39.9 Å². The van der Waals surface area contributed by atoms with Crippen LogP contribution in [0.4, 0.5) is 22.8 Å². The van der Waals surface area contributed by atoms with Gasteiger partial charge in [-0.1, -0.05) is 31.1 Å². The van der Waals surface area contributed by atoms with Gasteiger partial charge < -0.3 is 25.0 Å². The first-order chi connectivity index (χ1) is 25.3. The van der Waals surface area contributed by atoms with Crippen LogP contribution in [0.25, 0.3) is 0 Å². The Hall–Kier alpha value is -4.35. The number of alkyl halides is 3. The van der Waals surface area contributed by atoms with Crippen LogP contribution < -0.4 is 15.4 Å². The molecule has 1 saturated heterocycles. The predicted octanol–water partition coefficient (Wildman–Crippen LogP) is 4.02. The van der Waals surface area contributed by atoms with Crippen molar-refractivity contribution in [1.29, 1.82) is 0 Å². The second kappa shape index (κ2) is 14.7. The van der Waals surface area contributed by atoms with Crippen LogP contribution in [0.3, 0.4) is 0 Å². The van der Waals surface area contributed by atoms with Crippen molar-refractivity contribution in [2.45, 2.75) is 132 Å². The van der Waals surface area contributed by atoms with E-state index in [9.17, 15) is 45.6 Å². The van der Waals surface area contributed by atoms with E-state index >= 15 is 0 Å². The van der Waals surface area contributed by atoms with E-state index in [-0.39, 0.29) is 38.9 Å². The van der Waals surface area contributed by atoms with Gasteiger partial charge in [-0.2, -0.15) is 13.2 Å². The summed E-state index contributed by atoms with van der Waals surface area (Å²) in [4.78, 5) is 70.8.